The first-order valence-corrected chi connectivity index (χ1v) is 7.70. The molecular weight excluding hydrogens is 305 g/mol. The Bertz CT molecular complexity index is 598. The van der Waals surface area contributed by atoms with Crippen molar-refractivity contribution in [2.45, 2.75) is 32.4 Å². The zero-order chi connectivity index (χ0) is 15.4. The van der Waals surface area contributed by atoms with Crippen LogP contribution in [0.15, 0.2) is 42.5 Å². The van der Waals surface area contributed by atoms with Crippen LogP contribution in [0.4, 0.5) is 0 Å². The van der Waals surface area contributed by atoms with Gasteiger partial charge in [-0.3, -0.25) is 0 Å². The van der Waals surface area contributed by atoms with Gasteiger partial charge in [0.25, 0.3) is 0 Å². The molecule has 2 nitrogen and oxygen atoms in total. The lowest BCUT2D eigenvalue weighted by Crippen LogP contribution is -2.31. The summed E-state index contributed by atoms with van der Waals surface area (Å²) in [5.41, 5.74) is 8.27. The Morgan fingerprint density at radius 3 is 2.29 bits per heavy atom. The van der Waals surface area contributed by atoms with E-state index in [1.54, 1.807) is 0 Å². The summed E-state index contributed by atoms with van der Waals surface area (Å²) >= 11 is 12.0. The van der Waals surface area contributed by atoms with E-state index >= 15 is 0 Å². The molecule has 0 aliphatic carbocycles. The van der Waals surface area contributed by atoms with Gasteiger partial charge < -0.3 is 10.5 Å². The molecule has 4 heteroatoms. The number of rotatable bonds is 5. The largest absolute Gasteiger partial charge is 0.484 e. The van der Waals surface area contributed by atoms with Crippen LogP contribution in [-0.2, 0) is 0 Å². The van der Waals surface area contributed by atoms with Gasteiger partial charge in [-0.2, -0.15) is 0 Å². The maximum absolute atomic E-state index is 6.23. The van der Waals surface area contributed by atoms with Crippen molar-refractivity contribution in [3.05, 3.63) is 63.6 Å². The number of hydrogen-bond acceptors (Lipinski definition) is 2. The Morgan fingerprint density at radius 1 is 1.05 bits per heavy atom. The third-order valence-corrected chi connectivity index (χ3v) is 3.95. The Labute approximate surface area is 135 Å². The van der Waals surface area contributed by atoms with Crippen LogP contribution in [0, 0.1) is 6.92 Å². The molecule has 2 aromatic rings. The molecule has 0 bridgehead atoms. The van der Waals surface area contributed by atoms with E-state index in [-0.39, 0.29) is 12.1 Å². The van der Waals surface area contributed by atoms with E-state index in [1.165, 1.54) is 0 Å². The molecular formula is C17H19Cl2NO. The summed E-state index contributed by atoms with van der Waals surface area (Å²) in [5, 5.41) is 1.34. The van der Waals surface area contributed by atoms with Gasteiger partial charge in [-0.1, -0.05) is 48.3 Å². The summed E-state index contributed by atoms with van der Waals surface area (Å²) in [6.07, 6.45) is 0.580. The zero-order valence-corrected chi connectivity index (χ0v) is 13.7. The van der Waals surface area contributed by atoms with Gasteiger partial charge in [0.2, 0.25) is 0 Å². The molecule has 112 valence electrons. The van der Waals surface area contributed by atoms with Gasteiger partial charge in [-0.15, -0.1) is 0 Å². The molecule has 0 amide bonds. The van der Waals surface area contributed by atoms with Crippen molar-refractivity contribution in [2.75, 3.05) is 0 Å². The summed E-state index contributed by atoms with van der Waals surface area (Å²) in [6.45, 7) is 4.03. The van der Waals surface area contributed by atoms with Crippen molar-refractivity contribution in [3.8, 4) is 5.75 Å². The first-order chi connectivity index (χ1) is 10.0. The number of aryl methyl sites for hydroxylation is 1. The second-order valence-corrected chi connectivity index (χ2v) is 5.94. The highest BCUT2D eigenvalue weighted by molar-refractivity contribution is 6.30. The summed E-state index contributed by atoms with van der Waals surface area (Å²) in [7, 11) is 0. The van der Waals surface area contributed by atoms with Gasteiger partial charge in [0.15, 0.2) is 0 Å². The molecule has 2 rings (SSSR count). The topological polar surface area (TPSA) is 35.2 Å². The van der Waals surface area contributed by atoms with E-state index in [1.807, 2.05) is 56.3 Å². The summed E-state index contributed by atoms with van der Waals surface area (Å²) in [6, 6.07) is 13.1. The molecule has 0 aliphatic heterocycles. The number of hydrogen-bond donors (Lipinski definition) is 1. The van der Waals surface area contributed by atoms with Crippen LogP contribution < -0.4 is 10.5 Å². The van der Waals surface area contributed by atoms with Gasteiger partial charge in [-0.25, -0.2) is 0 Å². The monoisotopic (exact) mass is 323 g/mol. The normalized spacial score (nSPS) is 13.8. The number of nitrogens with two attached hydrogens (primary N) is 1. The van der Waals surface area contributed by atoms with Crippen molar-refractivity contribution >= 4 is 23.2 Å². The fourth-order valence-corrected chi connectivity index (χ4v) is 2.39. The van der Waals surface area contributed by atoms with Crippen LogP contribution in [-0.4, -0.2) is 6.04 Å². The average molecular weight is 324 g/mol. The molecule has 0 spiro atoms. The second-order valence-electron chi connectivity index (χ2n) is 5.07. The Balaban J connectivity index is 2.32. The first kappa shape index (κ1) is 16.2. The van der Waals surface area contributed by atoms with E-state index in [2.05, 4.69) is 0 Å². The molecule has 2 unspecified atom stereocenters. The van der Waals surface area contributed by atoms with Crippen molar-refractivity contribution < 1.29 is 4.74 Å². The van der Waals surface area contributed by atoms with E-state index in [0.29, 0.717) is 10.0 Å². The molecule has 0 saturated carbocycles. The predicted molar refractivity (Wildman–Crippen MR) is 89.3 cm³/mol. The van der Waals surface area contributed by atoms with Crippen LogP contribution in [0.5, 0.6) is 5.75 Å². The van der Waals surface area contributed by atoms with Crippen LogP contribution >= 0.6 is 23.2 Å². The highest BCUT2D eigenvalue weighted by Gasteiger charge is 2.21. The van der Waals surface area contributed by atoms with Gasteiger partial charge >= 0.3 is 0 Å². The summed E-state index contributed by atoms with van der Waals surface area (Å²) in [4.78, 5) is 0. The van der Waals surface area contributed by atoms with Crippen molar-refractivity contribution in [1.29, 1.82) is 0 Å². The minimum absolute atomic E-state index is 0.107. The lowest BCUT2D eigenvalue weighted by molar-refractivity contribution is 0.170. The molecule has 2 N–H and O–H groups in total. The fourth-order valence-electron chi connectivity index (χ4n) is 2.11. The van der Waals surface area contributed by atoms with Crippen LogP contribution in [0.3, 0.4) is 0 Å². The van der Waals surface area contributed by atoms with Crippen LogP contribution in [0.25, 0.3) is 0 Å². The van der Waals surface area contributed by atoms with E-state index in [9.17, 15) is 0 Å². The minimum atomic E-state index is -0.232. The van der Waals surface area contributed by atoms with Crippen molar-refractivity contribution in [2.24, 2.45) is 5.73 Å². The Morgan fingerprint density at radius 2 is 1.67 bits per heavy atom. The predicted octanol–water partition coefficient (Wildman–Crippen LogP) is 5.16. The Kier molecular flexibility index (Phi) is 5.51. The quantitative estimate of drug-likeness (QED) is 0.824. The standard InChI is InChI=1S/C17H19Cl2NO/c1-3-15(20)17(12-5-8-13(18)9-6-12)21-16-10-14(19)7-4-11(16)2/h4-10,15,17H,3,20H2,1-2H3. The molecule has 0 aliphatic rings. The molecule has 0 heterocycles. The molecule has 2 atom stereocenters. The minimum Gasteiger partial charge on any atom is -0.484 e. The molecule has 0 fully saturated rings. The van der Waals surface area contributed by atoms with Crippen molar-refractivity contribution in [1.82, 2.24) is 0 Å². The lowest BCUT2D eigenvalue weighted by atomic mass is 10.0. The fraction of sp³-hybridized carbons (Fsp3) is 0.294. The van der Waals surface area contributed by atoms with Crippen LogP contribution in [0.1, 0.15) is 30.6 Å². The van der Waals surface area contributed by atoms with E-state index in [4.69, 9.17) is 33.7 Å². The zero-order valence-electron chi connectivity index (χ0n) is 12.1. The van der Waals surface area contributed by atoms with Crippen molar-refractivity contribution in [3.63, 3.8) is 0 Å². The van der Waals surface area contributed by atoms with Gasteiger partial charge in [0, 0.05) is 16.1 Å². The lowest BCUT2D eigenvalue weighted by Gasteiger charge is -2.25. The summed E-state index contributed by atoms with van der Waals surface area (Å²) < 4.78 is 6.15. The smallest absolute Gasteiger partial charge is 0.139 e. The maximum Gasteiger partial charge on any atom is 0.139 e. The number of halogens is 2. The maximum atomic E-state index is 6.23. The number of ether oxygens (including phenoxy) is 1. The second kappa shape index (κ2) is 7.17. The van der Waals surface area contributed by atoms with E-state index in [0.717, 1.165) is 23.3 Å². The third kappa shape index (κ3) is 4.13. The number of benzene rings is 2. The van der Waals surface area contributed by atoms with Gasteiger partial charge in [0.05, 0.1) is 0 Å². The SMILES string of the molecule is CCC(N)C(Oc1cc(Cl)ccc1C)c1ccc(Cl)cc1. The highest BCUT2D eigenvalue weighted by Crippen LogP contribution is 2.30. The third-order valence-electron chi connectivity index (χ3n) is 3.46. The van der Waals surface area contributed by atoms with Gasteiger partial charge in [0.1, 0.15) is 11.9 Å². The summed E-state index contributed by atoms with van der Waals surface area (Å²) in [5.74, 6) is 0.756. The van der Waals surface area contributed by atoms with Gasteiger partial charge in [-0.05, 0) is 48.7 Å². The molecule has 0 saturated heterocycles. The Hall–Kier alpha value is -1.22. The molecule has 21 heavy (non-hydrogen) atoms. The van der Waals surface area contributed by atoms with Crippen LogP contribution in [0.2, 0.25) is 10.0 Å². The average Bonchev–Trinajstić information content (AvgIpc) is 2.48. The highest BCUT2D eigenvalue weighted by atomic mass is 35.5. The molecule has 0 radical (unpaired) electrons. The first-order valence-electron chi connectivity index (χ1n) is 6.95. The molecule has 2 aromatic carbocycles. The molecule has 0 aromatic heterocycles. The van der Waals surface area contributed by atoms with E-state index < -0.39 is 0 Å².